The maximum atomic E-state index is 12.4. The Hall–Kier alpha value is -3.28. The molecule has 2 atom stereocenters. The highest BCUT2D eigenvalue weighted by Gasteiger charge is 2.22. The van der Waals surface area contributed by atoms with Gasteiger partial charge in [0.1, 0.15) is 23.7 Å². The Morgan fingerprint density at radius 3 is 1.64 bits per heavy atom. The highest BCUT2D eigenvalue weighted by atomic mass is 16.6. The third-order valence-corrected chi connectivity index (χ3v) is 6.34. The van der Waals surface area contributed by atoms with E-state index >= 15 is 0 Å². The van der Waals surface area contributed by atoms with Crippen molar-refractivity contribution >= 4 is 33.5 Å². The molecule has 3 aromatic carbocycles. The number of fused-ring (bicyclic) bond motifs is 2. The van der Waals surface area contributed by atoms with Crippen molar-refractivity contribution in [1.82, 2.24) is 0 Å². The van der Waals surface area contributed by atoms with Gasteiger partial charge in [-0.15, -0.1) is 0 Å². The number of ether oxygens (including phenoxy) is 4. The molecule has 0 aliphatic heterocycles. The van der Waals surface area contributed by atoms with Crippen molar-refractivity contribution in [2.24, 2.45) is 0 Å². The number of hydrogen-bond acceptors (Lipinski definition) is 6. The largest absolute Gasteiger partial charge is 0.489 e. The van der Waals surface area contributed by atoms with Gasteiger partial charge in [-0.1, -0.05) is 56.2 Å². The number of unbranched alkanes of at least 4 members (excludes halogenated alkanes) is 2. The number of carbonyl (C=O) groups is 2. The van der Waals surface area contributed by atoms with Gasteiger partial charge in [-0.2, -0.15) is 0 Å². The molecule has 2 unspecified atom stereocenters. The first-order chi connectivity index (χ1) is 18.6. The summed E-state index contributed by atoms with van der Waals surface area (Å²) in [5.74, 6) is 0.867. The number of rotatable bonds is 14. The molecule has 0 heterocycles. The predicted octanol–water partition coefficient (Wildman–Crippen LogP) is 7.94. The number of carbonyl (C=O) groups excluding carboxylic acids is 2. The van der Waals surface area contributed by atoms with Gasteiger partial charge in [-0.05, 0) is 66.0 Å². The van der Waals surface area contributed by atoms with Gasteiger partial charge in [0, 0.05) is 21.5 Å². The number of benzene rings is 3. The number of hydrogen-bond donors (Lipinski definition) is 0. The van der Waals surface area contributed by atoms with Crippen LogP contribution in [0, 0.1) is 0 Å². The van der Waals surface area contributed by atoms with Gasteiger partial charge in [0.25, 0.3) is 0 Å². The van der Waals surface area contributed by atoms with Crippen LogP contribution in [-0.4, -0.2) is 36.4 Å². The van der Waals surface area contributed by atoms with Gasteiger partial charge in [-0.25, -0.2) is 0 Å². The molecule has 0 aliphatic carbocycles. The lowest BCUT2D eigenvalue weighted by molar-refractivity contribution is -0.150. The molecule has 6 nitrogen and oxygen atoms in total. The molecule has 212 valence electrons. The molecule has 0 spiro atoms. The van der Waals surface area contributed by atoms with Gasteiger partial charge in [0.15, 0.2) is 0 Å². The van der Waals surface area contributed by atoms with Crippen molar-refractivity contribution in [2.75, 3.05) is 0 Å². The highest BCUT2D eigenvalue weighted by molar-refractivity contribution is 6.11. The summed E-state index contributed by atoms with van der Waals surface area (Å²) in [4.78, 5) is 24.7. The van der Waals surface area contributed by atoms with Gasteiger partial charge in [-0.3, -0.25) is 9.59 Å². The molecule has 0 radical (unpaired) electrons. The lowest BCUT2D eigenvalue weighted by atomic mass is 9.97. The van der Waals surface area contributed by atoms with E-state index in [1.165, 1.54) is 12.0 Å². The molecule has 0 saturated carbocycles. The van der Waals surface area contributed by atoms with E-state index in [0.29, 0.717) is 5.75 Å². The second-order valence-corrected chi connectivity index (χ2v) is 10.9. The van der Waals surface area contributed by atoms with Crippen LogP contribution in [0.4, 0.5) is 0 Å². The van der Waals surface area contributed by atoms with Gasteiger partial charge < -0.3 is 18.9 Å². The van der Waals surface area contributed by atoms with E-state index in [2.05, 4.69) is 25.1 Å². The minimum absolute atomic E-state index is 0.149. The van der Waals surface area contributed by atoms with Gasteiger partial charge in [0.05, 0.1) is 25.0 Å². The molecule has 6 heteroatoms. The Morgan fingerprint density at radius 2 is 1.15 bits per heavy atom. The smallest absolute Gasteiger partial charge is 0.309 e. The molecule has 0 amide bonds. The molecule has 0 saturated heterocycles. The van der Waals surface area contributed by atoms with E-state index in [1.807, 2.05) is 65.8 Å². The molecule has 3 rings (SSSR count). The van der Waals surface area contributed by atoms with E-state index in [-0.39, 0.29) is 49.2 Å². The summed E-state index contributed by atoms with van der Waals surface area (Å²) in [7, 11) is 0. The van der Waals surface area contributed by atoms with Crippen molar-refractivity contribution in [2.45, 2.75) is 111 Å². The Balaban J connectivity index is 2.07. The normalized spacial score (nSPS) is 13.1. The number of aryl methyl sites for hydroxylation is 1. The molecular weight excluding hydrogens is 492 g/mol. The van der Waals surface area contributed by atoms with Crippen LogP contribution >= 0.6 is 0 Å². The van der Waals surface area contributed by atoms with Crippen LogP contribution in [0.15, 0.2) is 42.5 Å². The molecular formula is C33H44O6. The van der Waals surface area contributed by atoms with E-state index in [4.69, 9.17) is 18.9 Å². The van der Waals surface area contributed by atoms with Crippen LogP contribution in [0.3, 0.4) is 0 Å². The quantitative estimate of drug-likeness (QED) is 0.118. The summed E-state index contributed by atoms with van der Waals surface area (Å²) >= 11 is 0. The minimum atomic E-state index is -0.386. The molecule has 0 N–H and O–H groups in total. The topological polar surface area (TPSA) is 71.1 Å². The third-order valence-electron chi connectivity index (χ3n) is 6.34. The lowest BCUT2D eigenvalue weighted by Crippen LogP contribution is -2.22. The average molecular weight is 537 g/mol. The molecule has 0 bridgehead atoms. The van der Waals surface area contributed by atoms with E-state index in [9.17, 15) is 9.59 Å². The van der Waals surface area contributed by atoms with Crippen molar-refractivity contribution in [3.05, 3.63) is 48.0 Å². The fraction of sp³-hybridized carbons (Fsp3) is 0.515. The van der Waals surface area contributed by atoms with Crippen LogP contribution in [0.1, 0.15) is 86.1 Å². The molecule has 0 aliphatic rings. The Kier molecular flexibility index (Phi) is 11.0. The monoisotopic (exact) mass is 536 g/mol. The summed E-state index contributed by atoms with van der Waals surface area (Å²) in [5.41, 5.74) is 1.22. The zero-order valence-corrected chi connectivity index (χ0v) is 24.5. The first-order valence-electron chi connectivity index (χ1n) is 14.3. The maximum absolute atomic E-state index is 12.4. The van der Waals surface area contributed by atoms with E-state index < -0.39 is 0 Å². The lowest BCUT2D eigenvalue weighted by Gasteiger charge is -2.23. The number of esters is 2. The van der Waals surface area contributed by atoms with Crippen molar-refractivity contribution in [3.63, 3.8) is 0 Å². The second-order valence-electron chi connectivity index (χ2n) is 10.9. The molecule has 3 aromatic rings. The van der Waals surface area contributed by atoms with Crippen molar-refractivity contribution in [3.8, 4) is 11.5 Å². The second kappa shape index (κ2) is 14.2. The molecule has 39 heavy (non-hydrogen) atoms. The van der Waals surface area contributed by atoms with Crippen LogP contribution in [0.2, 0.25) is 0 Å². The standard InChI is InChI=1S/C33H44O6/c1-8-9-10-13-25-16-17-28-29(20-25)33(39-24(7)19-31(35)37-22(4)5)27-15-12-11-14-26(27)32(28)38-23(6)18-30(34)36-21(2)3/h11-12,14-17,20-24H,8-10,13,18-19H2,1-7H3. The van der Waals surface area contributed by atoms with Crippen molar-refractivity contribution in [1.29, 1.82) is 0 Å². The van der Waals surface area contributed by atoms with Crippen molar-refractivity contribution < 1.29 is 28.5 Å². The fourth-order valence-electron chi connectivity index (χ4n) is 4.71. The minimum Gasteiger partial charge on any atom is -0.489 e. The van der Waals surface area contributed by atoms with Gasteiger partial charge >= 0.3 is 11.9 Å². The SMILES string of the molecule is CCCCCc1ccc2c(OC(C)CC(=O)OC(C)C)c3ccccc3c(OC(C)CC(=O)OC(C)C)c2c1. The Bertz CT molecular complexity index is 1260. The average Bonchev–Trinajstić information content (AvgIpc) is 2.85. The van der Waals surface area contributed by atoms with Crippen LogP contribution in [0.25, 0.3) is 21.5 Å². The summed E-state index contributed by atoms with van der Waals surface area (Å²) in [6, 6.07) is 14.4. The maximum Gasteiger partial charge on any atom is 0.309 e. The summed E-state index contributed by atoms with van der Waals surface area (Å²) < 4.78 is 23.7. The zero-order chi connectivity index (χ0) is 28.5. The first-order valence-corrected chi connectivity index (χ1v) is 14.3. The summed E-state index contributed by atoms with van der Waals surface area (Å²) in [6.07, 6.45) is 3.60. The third kappa shape index (κ3) is 8.61. The van der Waals surface area contributed by atoms with Gasteiger partial charge in [0.2, 0.25) is 0 Å². The zero-order valence-electron chi connectivity index (χ0n) is 24.5. The van der Waals surface area contributed by atoms with Crippen LogP contribution in [0.5, 0.6) is 11.5 Å². The molecule has 0 aromatic heterocycles. The fourth-order valence-corrected chi connectivity index (χ4v) is 4.71. The highest BCUT2D eigenvalue weighted by Crippen LogP contribution is 2.44. The Morgan fingerprint density at radius 1 is 0.667 bits per heavy atom. The van der Waals surface area contributed by atoms with E-state index in [0.717, 1.165) is 46.6 Å². The van der Waals surface area contributed by atoms with Crippen LogP contribution in [-0.2, 0) is 25.5 Å². The summed E-state index contributed by atoms with van der Waals surface area (Å²) in [6.45, 7) is 13.3. The Labute approximate surface area is 233 Å². The summed E-state index contributed by atoms with van der Waals surface area (Å²) in [5, 5.41) is 3.62. The molecule has 0 fully saturated rings. The predicted molar refractivity (Wildman–Crippen MR) is 157 cm³/mol. The van der Waals surface area contributed by atoms with E-state index in [1.54, 1.807) is 0 Å². The first kappa shape index (κ1) is 30.3. The van der Waals surface area contributed by atoms with Crippen LogP contribution < -0.4 is 9.47 Å².